The van der Waals surface area contributed by atoms with Crippen molar-refractivity contribution in [2.24, 2.45) is 0 Å². The predicted molar refractivity (Wildman–Crippen MR) is 126 cm³/mol. The maximum absolute atomic E-state index is 13.4. The third kappa shape index (κ3) is 5.21. The van der Waals surface area contributed by atoms with Crippen LogP contribution < -0.4 is 10.2 Å². The van der Waals surface area contributed by atoms with E-state index in [2.05, 4.69) is 28.2 Å². The van der Waals surface area contributed by atoms with Gasteiger partial charge in [0.25, 0.3) is 5.91 Å². The average Bonchev–Trinajstić information content (AvgIpc) is 3.50. The van der Waals surface area contributed by atoms with E-state index < -0.39 is 6.04 Å². The van der Waals surface area contributed by atoms with E-state index in [1.807, 2.05) is 23.1 Å². The van der Waals surface area contributed by atoms with Gasteiger partial charge >= 0.3 is 0 Å². The first-order valence-corrected chi connectivity index (χ1v) is 12.0. The van der Waals surface area contributed by atoms with E-state index in [0.29, 0.717) is 19.1 Å². The third-order valence-corrected chi connectivity index (χ3v) is 6.87. The Labute approximate surface area is 190 Å². The molecule has 2 aliphatic rings. The van der Waals surface area contributed by atoms with Gasteiger partial charge in [0.05, 0.1) is 12.7 Å². The number of nitrogens with one attached hydrogen (secondary N) is 1. The van der Waals surface area contributed by atoms with Crippen molar-refractivity contribution in [3.05, 3.63) is 48.5 Å². The molecule has 0 radical (unpaired) electrons. The number of benzene rings is 1. The second-order valence-corrected chi connectivity index (χ2v) is 8.90. The number of likely N-dealkylation sites (tertiary alicyclic amines) is 1. The lowest BCUT2D eigenvalue weighted by atomic mass is 10.00. The van der Waals surface area contributed by atoms with Crippen LogP contribution in [-0.2, 0) is 16.0 Å². The Hall–Kier alpha value is -2.67. The van der Waals surface area contributed by atoms with E-state index in [0.717, 1.165) is 25.1 Å². The van der Waals surface area contributed by atoms with Crippen LogP contribution >= 0.6 is 0 Å². The molecule has 172 valence electrons. The van der Waals surface area contributed by atoms with Crippen LogP contribution in [0.2, 0.25) is 0 Å². The summed E-state index contributed by atoms with van der Waals surface area (Å²) in [7, 11) is 0. The van der Waals surface area contributed by atoms with Gasteiger partial charge in [-0.2, -0.15) is 0 Å². The molecule has 32 heavy (non-hydrogen) atoms. The predicted octanol–water partition coefficient (Wildman–Crippen LogP) is 3.17. The van der Waals surface area contributed by atoms with Crippen LogP contribution in [0, 0.1) is 0 Å². The van der Waals surface area contributed by atoms with Gasteiger partial charge in [-0.1, -0.05) is 31.5 Å². The Morgan fingerprint density at radius 3 is 2.91 bits per heavy atom. The summed E-state index contributed by atoms with van der Waals surface area (Å²) in [5.41, 5.74) is 2.13. The van der Waals surface area contributed by atoms with Crippen LogP contribution in [0.1, 0.15) is 57.1 Å². The summed E-state index contributed by atoms with van der Waals surface area (Å²) in [6.07, 6.45) is 12.0. The van der Waals surface area contributed by atoms with Gasteiger partial charge in [-0.3, -0.25) is 9.59 Å². The molecule has 0 aliphatic carbocycles. The molecular weight excluding hydrogens is 402 g/mol. The van der Waals surface area contributed by atoms with Crippen molar-refractivity contribution in [2.75, 3.05) is 31.1 Å². The summed E-state index contributed by atoms with van der Waals surface area (Å²) in [5.74, 6) is -0.141. The Bertz CT molecular complexity index is 897. The zero-order valence-electron chi connectivity index (χ0n) is 19.1. The zero-order valence-corrected chi connectivity index (χ0v) is 19.1. The van der Waals surface area contributed by atoms with Gasteiger partial charge in [-0.15, -0.1) is 0 Å². The Balaban J connectivity index is 1.32. The molecular formula is C25H35N5O2. The van der Waals surface area contributed by atoms with E-state index in [4.69, 9.17) is 0 Å². The molecule has 2 atom stereocenters. The fourth-order valence-corrected chi connectivity index (χ4v) is 5.10. The summed E-state index contributed by atoms with van der Waals surface area (Å²) in [5, 5.41) is 3.04. The molecule has 1 N–H and O–H groups in total. The van der Waals surface area contributed by atoms with E-state index >= 15 is 0 Å². The minimum Gasteiger partial charge on any atom is -0.356 e. The topological polar surface area (TPSA) is 70.5 Å². The molecule has 0 spiro atoms. The van der Waals surface area contributed by atoms with Gasteiger partial charge in [0.15, 0.2) is 0 Å². The lowest BCUT2D eigenvalue weighted by Crippen LogP contribution is -2.41. The van der Waals surface area contributed by atoms with Gasteiger partial charge in [0, 0.05) is 43.8 Å². The van der Waals surface area contributed by atoms with Crippen LogP contribution in [0.3, 0.4) is 0 Å². The molecule has 0 saturated carbocycles. The maximum atomic E-state index is 13.4. The van der Waals surface area contributed by atoms with E-state index in [1.165, 1.54) is 37.8 Å². The van der Waals surface area contributed by atoms with Crippen LogP contribution in [0.5, 0.6) is 0 Å². The van der Waals surface area contributed by atoms with Gasteiger partial charge < -0.3 is 19.7 Å². The fourth-order valence-electron chi connectivity index (χ4n) is 5.10. The highest BCUT2D eigenvalue weighted by atomic mass is 16.2. The van der Waals surface area contributed by atoms with Crippen molar-refractivity contribution < 1.29 is 9.59 Å². The number of piperidine rings is 1. The molecule has 1 saturated heterocycles. The van der Waals surface area contributed by atoms with Crippen LogP contribution in [-0.4, -0.2) is 58.5 Å². The van der Waals surface area contributed by atoms with Crippen LogP contribution in [0.25, 0.3) is 0 Å². The minimum absolute atomic E-state index is 0.0535. The number of imidazole rings is 1. The molecule has 0 unspecified atom stereocenters. The van der Waals surface area contributed by atoms with Crippen LogP contribution in [0.15, 0.2) is 43.0 Å². The number of amides is 2. The molecule has 0 bridgehead atoms. The number of hydrogen-bond donors (Lipinski definition) is 1. The molecule has 3 heterocycles. The van der Waals surface area contributed by atoms with Crippen molar-refractivity contribution in [1.29, 1.82) is 0 Å². The highest BCUT2D eigenvalue weighted by Gasteiger charge is 2.32. The van der Waals surface area contributed by atoms with Crippen molar-refractivity contribution in [3.63, 3.8) is 0 Å². The SMILES string of the molecule is CC[C@@H]1CCCCN1CCCNC(=O)C[C@@H](C(=O)N1CCc2ccccc21)n1ccnc1. The van der Waals surface area contributed by atoms with E-state index in [-0.39, 0.29) is 18.2 Å². The zero-order chi connectivity index (χ0) is 22.3. The number of para-hydroxylation sites is 1. The molecule has 1 aromatic carbocycles. The highest BCUT2D eigenvalue weighted by Crippen LogP contribution is 2.30. The largest absolute Gasteiger partial charge is 0.356 e. The molecule has 7 heteroatoms. The second kappa shape index (κ2) is 10.8. The van der Waals surface area contributed by atoms with E-state index in [1.54, 1.807) is 23.3 Å². The summed E-state index contributed by atoms with van der Waals surface area (Å²) in [6.45, 7) is 5.74. The fraction of sp³-hybridized carbons (Fsp3) is 0.560. The molecule has 1 fully saturated rings. The van der Waals surface area contributed by atoms with E-state index in [9.17, 15) is 9.59 Å². The molecule has 1 aromatic heterocycles. The van der Waals surface area contributed by atoms with Gasteiger partial charge in [0.1, 0.15) is 6.04 Å². The van der Waals surface area contributed by atoms with Gasteiger partial charge in [-0.05, 0) is 50.3 Å². The molecule has 2 amide bonds. The van der Waals surface area contributed by atoms with Crippen molar-refractivity contribution in [2.45, 2.75) is 64.0 Å². The average molecular weight is 438 g/mol. The number of hydrogen-bond acceptors (Lipinski definition) is 4. The summed E-state index contributed by atoms with van der Waals surface area (Å²) in [4.78, 5) is 34.7. The number of anilines is 1. The monoisotopic (exact) mass is 437 g/mol. The van der Waals surface area contributed by atoms with Gasteiger partial charge in [-0.25, -0.2) is 4.98 Å². The number of carbonyl (C=O) groups excluding carboxylic acids is 2. The van der Waals surface area contributed by atoms with Gasteiger partial charge in [0.2, 0.25) is 5.91 Å². The first-order valence-electron chi connectivity index (χ1n) is 12.0. The highest BCUT2D eigenvalue weighted by molar-refractivity contribution is 6.00. The number of fused-ring (bicyclic) bond motifs is 1. The summed E-state index contributed by atoms with van der Waals surface area (Å²) in [6, 6.07) is 8.10. The summed E-state index contributed by atoms with van der Waals surface area (Å²) < 4.78 is 1.75. The lowest BCUT2D eigenvalue weighted by Gasteiger charge is -2.35. The quantitative estimate of drug-likeness (QED) is 0.612. The number of carbonyl (C=O) groups is 2. The second-order valence-electron chi connectivity index (χ2n) is 8.90. The number of nitrogens with zero attached hydrogens (tertiary/aromatic N) is 4. The minimum atomic E-state index is -0.588. The number of aromatic nitrogens is 2. The lowest BCUT2D eigenvalue weighted by molar-refractivity contribution is -0.128. The Morgan fingerprint density at radius 2 is 2.09 bits per heavy atom. The first kappa shape index (κ1) is 22.5. The Kier molecular flexibility index (Phi) is 7.58. The molecule has 4 rings (SSSR count). The number of rotatable bonds is 9. The smallest absolute Gasteiger partial charge is 0.250 e. The standard InChI is InChI=1S/C25H35N5O2/c1-2-21-9-5-6-14-28(21)15-7-12-27-24(31)18-23(29-17-13-26-19-29)25(32)30-16-11-20-8-3-4-10-22(20)30/h3-4,8,10,13,17,19,21,23H,2,5-7,9,11-12,14-16,18H2,1H3,(H,27,31)/t21-,23+/m1/s1. The van der Waals surface area contributed by atoms with Crippen molar-refractivity contribution in [1.82, 2.24) is 19.8 Å². The summed E-state index contributed by atoms with van der Waals surface area (Å²) >= 11 is 0. The van der Waals surface area contributed by atoms with Crippen molar-refractivity contribution >= 4 is 17.5 Å². The normalized spacial score (nSPS) is 19.5. The van der Waals surface area contributed by atoms with Crippen LogP contribution in [0.4, 0.5) is 5.69 Å². The Morgan fingerprint density at radius 1 is 1.22 bits per heavy atom. The molecule has 2 aromatic rings. The third-order valence-electron chi connectivity index (χ3n) is 6.87. The maximum Gasteiger partial charge on any atom is 0.250 e. The molecule has 2 aliphatic heterocycles. The first-order chi connectivity index (χ1) is 15.7. The van der Waals surface area contributed by atoms with Crippen molar-refractivity contribution in [3.8, 4) is 0 Å². The molecule has 7 nitrogen and oxygen atoms in total.